The zero-order chi connectivity index (χ0) is 28.4. The molecule has 1 amide bonds. The maximum atomic E-state index is 12.6. The molecule has 3 rings (SSSR count). The van der Waals surface area contributed by atoms with Gasteiger partial charge in [-0.25, -0.2) is 9.59 Å². The molecule has 3 atom stereocenters. The van der Waals surface area contributed by atoms with E-state index in [-0.39, 0.29) is 12.5 Å². The highest BCUT2D eigenvalue weighted by atomic mass is 16.6. The fourth-order valence-corrected chi connectivity index (χ4v) is 4.42. The second kappa shape index (κ2) is 14.2. The number of carbonyl (C=O) groups is 2. The van der Waals surface area contributed by atoms with Crippen LogP contribution in [-0.4, -0.2) is 73.3 Å². The molecule has 0 aromatic heterocycles. The van der Waals surface area contributed by atoms with Crippen LogP contribution in [0.25, 0.3) is 0 Å². The molecule has 1 saturated heterocycles. The van der Waals surface area contributed by atoms with Crippen molar-refractivity contribution in [2.24, 2.45) is 0 Å². The zero-order valence-electron chi connectivity index (χ0n) is 23.6. The summed E-state index contributed by atoms with van der Waals surface area (Å²) in [5.41, 5.74) is 1.40. The number of nitrogens with zero attached hydrogens (tertiary/aromatic N) is 1. The maximum absolute atomic E-state index is 12.6. The molecule has 1 aliphatic rings. The van der Waals surface area contributed by atoms with E-state index in [0.717, 1.165) is 29.0 Å². The number of benzene rings is 2. The van der Waals surface area contributed by atoms with E-state index in [1.165, 1.54) is 6.92 Å². The largest absolute Gasteiger partial charge is 0.496 e. The van der Waals surface area contributed by atoms with Crippen molar-refractivity contribution in [1.82, 2.24) is 4.90 Å². The van der Waals surface area contributed by atoms with Gasteiger partial charge in [-0.05, 0) is 57.9 Å². The highest BCUT2D eigenvalue weighted by Gasteiger charge is 2.36. The average molecular weight is 544 g/mol. The van der Waals surface area contributed by atoms with Gasteiger partial charge in [0.15, 0.2) is 6.10 Å². The Labute approximate surface area is 230 Å². The lowest BCUT2D eigenvalue weighted by Crippen LogP contribution is -2.49. The third kappa shape index (κ3) is 9.44. The predicted molar refractivity (Wildman–Crippen MR) is 146 cm³/mol. The number of aliphatic carboxylic acids is 1. The van der Waals surface area contributed by atoms with Crippen LogP contribution < -0.4 is 9.47 Å². The van der Waals surface area contributed by atoms with Crippen LogP contribution in [0.5, 0.6) is 11.5 Å². The Morgan fingerprint density at radius 1 is 1.08 bits per heavy atom. The highest BCUT2D eigenvalue weighted by molar-refractivity contribution is 5.71. The van der Waals surface area contributed by atoms with Crippen molar-refractivity contribution in [3.8, 4) is 11.5 Å². The van der Waals surface area contributed by atoms with Crippen LogP contribution in [0, 0.1) is 0 Å². The third-order valence-corrected chi connectivity index (χ3v) is 6.40. The second-order valence-corrected chi connectivity index (χ2v) is 10.6. The molecule has 0 bridgehead atoms. The lowest BCUT2D eigenvalue weighted by Gasteiger charge is -2.39. The lowest BCUT2D eigenvalue weighted by molar-refractivity contribution is -0.155. The minimum absolute atomic E-state index is 0.0667. The summed E-state index contributed by atoms with van der Waals surface area (Å²) in [5.74, 6) is 0.446. The van der Waals surface area contributed by atoms with Gasteiger partial charge < -0.3 is 33.7 Å². The maximum Gasteiger partial charge on any atom is 0.410 e. The standard InChI is InChI=1S/C30H41NO8/c1-21(28(32)33)38-27-19-31(29(34)39-30(2,3)4)16-15-25(27)22-11-13-24(14-12-22)37-18-8-17-36-20-23-9-6-7-10-26(23)35-5/h6-7,9-14,21,25,27H,8,15-20H2,1-5H3,(H,32,33)/t21-,25?,27?/m1/s1. The summed E-state index contributed by atoms with van der Waals surface area (Å²) in [7, 11) is 1.65. The van der Waals surface area contributed by atoms with Gasteiger partial charge in [-0.1, -0.05) is 30.3 Å². The highest BCUT2D eigenvalue weighted by Crippen LogP contribution is 2.33. The first kappa shape index (κ1) is 30.2. The monoisotopic (exact) mass is 543 g/mol. The van der Waals surface area contributed by atoms with Gasteiger partial charge in [0.25, 0.3) is 0 Å². The molecular formula is C30H41NO8. The van der Waals surface area contributed by atoms with E-state index >= 15 is 0 Å². The Bertz CT molecular complexity index is 1070. The number of methoxy groups -OCH3 is 1. The van der Waals surface area contributed by atoms with Gasteiger partial charge in [0, 0.05) is 24.4 Å². The second-order valence-electron chi connectivity index (χ2n) is 10.6. The molecule has 1 aliphatic heterocycles. The summed E-state index contributed by atoms with van der Waals surface area (Å²) in [4.78, 5) is 25.7. The molecule has 0 aliphatic carbocycles. The summed E-state index contributed by atoms with van der Waals surface area (Å²) >= 11 is 0. The molecule has 0 radical (unpaired) electrons. The van der Waals surface area contributed by atoms with Gasteiger partial charge in [-0.15, -0.1) is 0 Å². The number of ether oxygens (including phenoxy) is 5. The third-order valence-electron chi connectivity index (χ3n) is 6.40. The van der Waals surface area contributed by atoms with Gasteiger partial charge in [-0.3, -0.25) is 0 Å². The van der Waals surface area contributed by atoms with Gasteiger partial charge in [0.05, 0.1) is 39.6 Å². The molecule has 0 spiro atoms. The van der Waals surface area contributed by atoms with Crippen LogP contribution in [0.4, 0.5) is 4.79 Å². The molecule has 2 unspecified atom stereocenters. The first-order chi connectivity index (χ1) is 18.6. The number of carboxylic acids is 1. The number of rotatable bonds is 12. The van der Waals surface area contributed by atoms with E-state index in [9.17, 15) is 14.7 Å². The average Bonchev–Trinajstić information content (AvgIpc) is 2.90. The smallest absolute Gasteiger partial charge is 0.410 e. The van der Waals surface area contributed by atoms with E-state index in [4.69, 9.17) is 23.7 Å². The number of carboxylic acid groups (broad SMARTS) is 1. The Morgan fingerprint density at radius 3 is 2.46 bits per heavy atom. The molecule has 2 aromatic carbocycles. The number of amides is 1. The number of hydrogen-bond acceptors (Lipinski definition) is 7. The van der Waals surface area contributed by atoms with Crippen molar-refractivity contribution in [3.63, 3.8) is 0 Å². The SMILES string of the molecule is COc1ccccc1COCCCOc1ccc(C2CCN(C(=O)OC(C)(C)C)CC2O[C@H](C)C(=O)O)cc1. The van der Waals surface area contributed by atoms with E-state index < -0.39 is 29.9 Å². The van der Waals surface area contributed by atoms with Crippen molar-refractivity contribution in [2.45, 2.75) is 70.9 Å². The van der Waals surface area contributed by atoms with Crippen molar-refractivity contribution in [1.29, 1.82) is 0 Å². The van der Waals surface area contributed by atoms with Crippen molar-refractivity contribution >= 4 is 12.1 Å². The van der Waals surface area contributed by atoms with Gasteiger partial charge in [0.1, 0.15) is 17.1 Å². The number of likely N-dealkylation sites (tertiary alicyclic amines) is 1. The summed E-state index contributed by atoms with van der Waals surface area (Å²) in [6.07, 6.45) is -0.537. The van der Waals surface area contributed by atoms with Crippen LogP contribution in [-0.2, 0) is 25.6 Å². The molecule has 39 heavy (non-hydrogen) atoms. The molecule has 2 aromatic rings. The first-order valence-electron chi connectivity index (χ1n) is 13.4. The topological polar surface area (TPSA) is 104 Å². The van der Waals surface area contributed by atoms with Gasteiger partial charge in [-0.2, -0.15) is 0 Å². The molecule has 0 saturated carbocycles. The normalized spacial score (nSPS) is 18.3. The van der Waals surface area contributed by atoms with Crippen molar-refractivity contribution in [3.05, 3.63) is 59.7 Å². The van der Waals surface area contributed by atoms with Crippen LogP contribution in [0.2, 0.25) is 0 Å². The fraction of sp³-hybridized carbons (Fsp3) is 0.533. The Kier molecular flexibility index (Phi) is 11.0. The summed E-state index contributed by atoms with van der Waals surface area (Å²) in [6, 6.07) is 15.5. The van der Waals surface area contributed by atoms with Crippen LogP contribution >= 0.6 is 0 Å². The van der Waals surface area contributed by atoms with Crippen LogP contribution in [0.1, 0.15) is 57.6 Å². The molecule has 214 valence electrons. The van der Waals surface area contributed by atoms with Gasteiger partial charge in [0.2, 0.25) is 0 Å². The Hall–Kier alpha value is -3.30. The predicted octanol–water partition coefficient (Wildman–Crippen LogP) is 5.26. The van der Waals surface area contributed by atoms with Crippen molar-refractivity contribution < 1.29 is 38.4 Å². The molecule has 1 fully saturated rings. The molecule has 9 nitrogen and oxygen atoms in total. The summed E-state index contributed by atoms with van der Waals surface area (Å²) in [6.45, 7) is 9.26. The van der Waals surface area contributed by atoms with E-state index in [1.807, 2.05) is 69.3 Å². The number of piperidine rings is 1. The lowest BCUT2D eigenvalue weighted by atomic mass is 9.87. The Balaban J connectivity index is 1.52. The van der Waals surface area contributed by atoms with E-state index in [2.05, 4.69) is 0 Å². The molecule has 1 heterocycles. The fourth-order valence-electron chi connectivity index (χ4n) is 4.42. The first-order valence-corrected chi connectivity index (χ1v) is 13.4. The molecular weight excluding hydrogens is 502 g/mol. The number of para-hydroxylation sites is 1. The van der Waals surface area contributed by atoms with E-state index in [1.54, 1.807) is 12.0 Å². The summed E-state index contributed by atoms with van der Waals surface area (Å²) < 4.78 is 28.4. The van der Waals surface area contributed by atoms with Crippen LogP contribution in [0.15, 0.2) is 48.5 Å². The van der Waals surface area contributed by atoms with Crippen molar-refractivity contribution in [2.75, 3.05) is 33.4 Å². The van der Waals surface area contributed by atoms with Crippen LogP contribution in [0.3, 0.4) is 0 Å². The molecule has 1 N–H and O–H groups in total. The van der Waals surface area contributed by atoms with Gasteiger partial charge >= 0.3 is 12.1 Å². The quantitative estimate of drug-likeness (QED) is 0.362. The Morgan fingerprint density at radius 2 is 1.79 bits per heavy atom. The zero-order valence-corrected chi connectivity index (χ0v) is 23.6. The number of carbonyl (C=O) groups excluding carboxylic acids is 1. The minimum Gasteiger partial charge on any atom is -0.496 e. The number of hydrogen-bond donors (Lipinski definition) is 1. The summed E-state index contributed by atoms with van der Waals surface area (Å²) in [5, 5.41) is 9.39. The molecule has 9 heteroatoms. The minimum atomic E-state index is -1.04. The van der Waals surface area contributed by atoms with E-state index in [0.29, 0.717) is 32.8 Å².